The van der Waals surface area contributed by atoms with Crippen LogP contribution in [-0.2, 0) is 11.2 Å². The number of carbonyl (C=O) groups is 1. The van der Waals surface area contributed by atoms with Crippen molar-refractivity contribution in [2.24, 2.45) is 5.41 Å². The Morgan fingerprint density at radius 1 is 1.25 bits per heavy atom. The van der Waals surface area contributed by atoms with Gasteiger partial charge in [0.25, 0.3) is 0 Å². The number of rotatable bonds is 2. The van der Waals surface area contributed by atoms with Crippen molar-refractivity contribution in [1.82, 2.24) is 10.2 Å². The third kappa shape index (κ3) is 4.29. The summed E-state index contributed by atoms with van der Waals surface area (Å²) < 4.78 is 5.50. The number of amides is 1. The zero-order chi connectivity index (χ0) is 17.2. The number of hydrogen-bond acceptors (Lipinski definition) is 3. The molecule has 24 heavy (non-hydrogen) atoms. The Bertz CT molecular complexity index is 557. The van der Waals surface area contributed by atoms with Crippen molar-refractivity contribution < 1.29 is 9.53 Å². The fourth-order valence-corrected chi connectivity index (χ4v) is 3.94. The van der Waals surface area contributed by atoms with Crippen LogP contribution in [0.25, 0.3) is 0 Å². The maximum Gasteiger partial charge on any atom is 0.410 e. The van der Waals surface area contributed by atoms with Crippen LogP contribution in [0, 0.1) is 5.41 Å². The average molecular weight is 330 g/mol. The van der Waals surface area contributed by atoms with Gasteiger partial charge in [-0.3, -0.25) is 0 Å². The predicted molar refractivity (Wildman–Crippen MR) is 96.0 cm³/mol. The molecule has 0 aliphatic carbocycles. The Balaban J connectivity index is 1.50. The quantitative estimate of drug-likeness (QED) is 0.901. The van der Waals surface area contributed by atoms with E-state index in [1.54, 1.807) is 0 Å². The van der Waals surface area contributed by atoms with Crippen LogP contribution in [0.4, 0.5) is 4.79 Å². The summed E-state index contributed by atoms with van der Waals surface area (Å²) in [6, 6.07) is 11.3. The lowest BCUT2D eigenvalue weighted by molar-refractivity contribution is 0.0118. The molecule has 1 amide bonds. The minimum absolute atomic E-state index is 0.163. The van der Waals surface area contributed by atoms with Crippen molar-refractivity contribution in [3.8, 4) is 0 Å². The molecule has 132 valence electrons. The lowest BCUT2D eigenvalue weighted by atomic mass is 9.76. The smallest absolute Gasteiger partial charge is 0.410 e. The molecule has 1 N–H and O–H groups in total. The highest BCUT2D eigenvalue weighted by Gasteiger charge is 2.42. The van der Waals surface area contributed by atoms with Crippen molar-refractivity contribution in [2.45, 2.75) is 58.1 Å². The number of carbonyl (C=O) groups excluding carboxylic acids is 1. The summed E-state index contributed by atoms with van der Waals surface area (Å²) in [7, 11) is 0. The van der Waals surface area contributed by atoms with Crippen LogP contribution < -0.4 is 5.32 Å². The fourth-order valence-electron chi connectivity index (χ4n) is 3.94. The zero-order valence-corrected chi connectivity index (χ0v) is 15.2. The molecule has 1 spiro atoms. The maximum atomic E-state index is 12.2. The predicted octanol–water partition coefficient (Wildman–Crippen LogP) is 3.61. The van der Waals surface area contributed by atoms with Crippen LogP contribution in [0.15, 0.2) is 30.3 Å². The molecule has 1 atom stereocenters. The molecule has 1 aromatic rings. The van der Waals surface area contributed by atoms with E-state index in [2.05, 4.69) is 35.6 Å². The third-order valence-electron chi connectivity index (χ3n) is 5.25. The molecular formula is C20H30N2O2. The standard InChI is InChI=1S/C20H30N2O2/c1-19(2,3)24-18(23)22-11-9-20(10-12-22)14-17(21-15-20)13-16-7-5-4-6-8-16/h4-8,17,21H,9-15H2,1-3H3. The van der Waals surface area contributed by atoms with E-state index in [1.165, 1.54) is 12.0 Å². The molecule has 2 fully saturated rings. The lowest BCUT2D eigenvalue weighted by Gasteiger charge is -2.39. The van der Waals surface area contributed by atoms with Crippen LogP contribution in [-0.4, -0.2) is 42.3 Å². The van der Waals surface area contributed by atoms with E-state index in [4.69, 9.17) is 4.74 Å². The van der Waals surface area contributed by atoms with Gasteiger partial charge in [0.05, 0.1) is 0 Å². The van der Waals surface area contributed by atoms with E-state index in [0.717, 1.165) is 38.9 Å². The summed E-state index contributed by atoms with van der Waals surface area (Å²) in [5.41, 5.74) is 1.35. The van der Waals surface area contributed by atoms with Crippen LogP contribution in [0.2, 0.25) is 0 Å². The van der Waals surface area contributed by atoms with Gasteiger partial charge in [0.1, 0.15) is 5.60 Å². The van der Waals surface area contributed by atoms with Gasteiger partial charge in [0, 0.05) is 25.7 Å². The van der Waals surface area contributed by atoms with E-state index >= 15 is 0 Å². The monoisotopic (exact) mass is 330 g/mol. The summed E-state index contributed by atoms with van der Waals surface area (Å²) in [6.45, 7) is 8.47. The van der Waals surface area contributed by atoms with Crippen molar-refractivity contribution in [3.05, 3.63) is 35.9 Å². The second-order valence-electron chi connectivity index (χ2n) is 8.44. The van der Waals surface area contributed by atoms with Crippen molar-refractivity contribution in [2.75, 3.05) is 19.6 Å². The summed E-state index contributed by atoms with van der Waals surface area (Å²) in [5.74, 6) is 0. The van der Waals surface area contributed by atoms with E-state index in [0.29, 0.717) is 11.5 Å². The van der Waals surface area contributed by atoms with E-state index in [9.17, 15) is 4.79 Å². The van der Waals surface area contributed by atoms with Crippen molar-refractivity contribution in [3.63, 3.8) is 0 Å². The van der Waals surface area contributed by atoms with Gasteiger partial charge in [-0.2, -0.15) is 0 Å². The second-order valence-corrected chi connectivity index (χ2v) is 8.44. The molecule has 2 aliphatic heterocycles. The molecule has 0 saturated carbocycles. The Labute approximate surface area is 145 Å². The number of benzene rings is 1. The summed E-state index contributed by atoms with van der Waals surface area (Å²) in [5, 5.41) is 3.71. The first-order valence-corrected chi connectivity index (χ1v) is 9.11. The minimum atomic E-state index is -0.415. The first kappa shape index (κ1) is 17.3. The van der Waals surface area contributed by atoms with Gasteiger partial charge < -0.3 is 15.0 Å². The van der Waals surface area contributed by atoms with Gasteiger partial charge in [-0.25, -0.2) is 4.79 Å². The molecule has 4 heteroatoms. The molecule has 2 saturated heterocycles. The number of piperidine rings is 1. The molecule has 2 aliphatic rings. The van der Waals surface area contributed by atoms with Crippen LogP contribution in [0.3, 0.4) is 0 Å². The van der Waals surface area contributed by atoms with Crippen LogP contribution in [0.1, 0.15) is 45.6 Å². The SMILES string of the molecule is CC(C)(C)OC(=O)N1CCC2(CC1)CNC(Cc1ccccc1)C2. The van der Waals surface area contributed by atoms with Gasteiger partial charge >= 0.3 is 6.09 Å². The molecule has 1 unspecified atom stereocenters. The highest BCUT2D eigenvalue weighted by molar-refractivity contribution is 5.68. The number of likely N-dealkylation sites (tertiary alicyclic amines) is 1. The molecule has 0 bridgehead atoms. The van der Waals surface area contributed by atoms with E-state index in [-0.39, 0.29) is 6.09 Å². The first-order chi connectivity index (χ1) is 11.4. The number of ether oxygens (including phenoxy) is 1. The molecule has 1 aromatic carbocycles. The summed E-state index contributed by atoms with van der Waals surface area (Å²) in [6.07, 6.45) is 4.29. The fraction of sp³-hybridized carbons (Fsp3) is 0.650. The molecule has 4 nitrogen and oxygen atoms in total. The molecular weight excluding hydrogens is 300 g/mol. The highest BCUT2D eigenvalue weighted by atomic mass is 16.6. The zero-order valence-electron chi connectivity index (χ0n) is 15.2. The second kappa shape index (κ2) is 6.75. The molecule has 3 rings (SSSR count). The number of nitrogens with one attached hydrogen (secondary N) is 1. The minimum Gasteiger partial charge on any atom is -0.444 e. The average Bonchev–Trinajstić information content (AvgIpc) is 2.90. The van der Waals surface area contributed by atoms with E-state index in [1.807, 2.05) is 25.7 Å². The summed E-state index contributed by atoms with van der Waals surface area (Å²) >= 11 is 0. The van der Waals surface area contributed by atoms with Gasteiger partial charge in [-0.05, 0) is 57.4 Å². The Hall–Kier alpha value is -1.55. The molecule has 0 radical (unpaired) electrons. The van der Waals surface area contributed by atoms with Gasteiger partial charge in [-0.15, -0.1) is 0 Å². The van der Waals surface area contributed by atoms with Crippen molar-refractivity contribution in [1.29, 1.82) is 0 Å². The normalized spacial score (nSPS) is 23.5. The van der Waals surface area contributed by atoms with Gasteiger partial charge in [-0.1, -0.05) is 30.3 Å². The first-order valence-electron chi connectivity index (χ1n) is 9.11. The van der Waals surface area contributed by atoms with Gasteiger partial charge in [0.2, 0.25) is 0 Å². The van der Waals surface area contributed by atoms with Crippen molar-refractivity contribution >= 4 is 6.09 Å². The maximum absolute atomic E-state index is 12.2. The molecule has 0 aromatic heterocycles. The molecule has 2 heterocycles. The Morgan fingerprint density at radius 2 is 1.92 bits per heavy atom. The van der Waals surface area contributed by atoms with E-state index < -0.39 is 5.60 Å². The third-order valence-corrected chi connectivity index (χ3v) is 5.25. The van der Waals surface area contributed by atoms with Crippen LogP contribution in [0.5, 0.6) is 0 Å². The number of nitrogens with zero attached hydrogens (tertiary/aromatic N) is 1. The number of hydrogen-bond donors (Lipinski definition) is 1. The Morgan fingerprint density at radius 3 is 2.54 bits per heavy atom. The Kier molecular flexibility index (Phi) is 4.86. The van der Waals surface area contributed by atoms with Gasteiger partial charge in [0.15, 0.2) is 0 Å². The largest absolute Gasteiger partial charge is 0.444 e. The van der Waals surface area contributed by atoms with Crippen LogP contribution >= 0.6 is 0 Å². The lowest BCUT2D eigenvalue weighted by Crippen LogP contribution is -2.45. The highest BCUT2D eigenvalue weighted by Crippen LogP contribution is 2.40. The summed E-state index contributed by atoms with van der Waals surface area (Å²) in [4.78, 5) is 14.1. The topological polar surface area (TPSA) is 41.6 Å².